The zero-order valence-corrected chi connectivity index (χ0v) is 12.1. The number of rotatable bonds is 4. The van der Waals surface area contributed by atoms with Crippen molar-refractivity contribution >= 4 is 33.7 Å². The highest BCUT2D eigenvalue weighted by molar-refractivity contribution is 7.11. The van der Waals surface area contributed by atoms with E-state index in [1.807, 2.05) is 25.3 Å². The second-order valence-electron chi connectivity index (χ2n) is 4.53. The molecular weight excluding hydrogens is 288 g/mol. The Morgan fingerprint density at radius 1 is 1.33 bits per heavy atom. The molecule has 21 heavy (non-hydrogen) atoms. The number of nitro groups is 1. The summed E-state index contributed by atoms with van der Waals surface area (Å²) in [5, 5.41) is 15.8. The number of hydrogen-bond donors (Lipinski definition) is 1. The van der Waals surface area contributed by atoms with Crippen LogP contribution in [0.2, 0.25) is 0 Å². The van der Waals surface area contributed by atoms with Crippen molar-refractivity contribution in [1.29, 1.82) is 0 Å². The van der Waals surface area contributed by atoms with Crippen molar-refractivity contribution in [3.8, 4) is 0 Å². The lowest BCUT2D eigenvalue weighted by molar-refractivity contribution is -0.384. The van der Waals surface area contributed by atoms with E-state index in [1.165, 1.54) is 12.1 Å². The van der Waals surface area contributed by atoms with Gasteiger partial charge in [-0.05, 0) is 25.1 Å². The van der Waals surface area contributed by atoms with Crippen LogP contribution in [0, 0.1) is 17.0 Å². The molecule has 0 aliphatic rings. The number of fused-ring (bicyclic) bond motifs is 1. The lowest BCUT2D eigenvalue weighted by Gasteiger charge is -2.05. The number of benzene rings is 1. The number of pyridine rings is 1. The summed E-state index contributed by atoms with van der Waals surface area (Å²) in [6, 6.07) is 8.30. The number of nitro benzene ring substituents is 1. The Labute approximate surface area is 124 Å². The maximum Gasteiger partial charge on any atom is 0.270 e. The molecule has 6 nitrogen and oxygen atoms in total. The van der Waals surface area contributed by atoms with Gasteiger partial charge in [-0.15, -0.1) is 11.3 Å². The zero-order chi connectivity index (χ0) is 14.8. The van der Waals surface area contributed by atoms with Gasteiger partial charge in [-0.3, -0.25) is 10.1 Å². The first-order chi connectivity index (χ1) is 10.1. The molecule has 0 unspecified atom stereocenters. The van der Waals surface area contributed by atoms with Crippen LogP contribution in [0.15, 0.2) is 36.5 Å². The van der Waals surface area contributed by atoms with Crippen molar-refractivity contribution in [2.45, 2.75) is 13.5 Å². The van der Waals surface area contributed by atoms with E-state index < -0.39 is 4.92 Å². The van der Waals surface area contributed by atoms with Gasteiger partial charge in [0.05, 0.1) is 22.0 Å². The molecule has 2 aromatic heterocycles. The maximum atomic E-state index is 10.7. The first-order valence-corrected chi connectivity index (χ1v) is 7.14. The molecule has 0 radical (unpaired) electrons. The number of anilines is 1. The minimum Gasteiger partial charge on any atom is -0.365 e. The highest BCUT2D eigenvalue weighted by Crippen LogP contribution is 2.21. The average molecular weight is 300 g/mol. The molecule has 106 valence electrons. The predicted molar refractivity (Wildman–Crippen MR) is 82.6 cm³/mol. The quantitative estimate of drug-likeness (QED) is 0.589. The summed E-state index contributed by atoms with van der Waals surface area (Å²) in [6.07, 6.45) is 1.84. The minimum absolute atomic E-state index is 0.0742. The summed E-state index contributed by atoms with van der Waals surface area (Å²) in [6.45, 7) is 2.63. The van der Waals surface area contributed by atoms with Crippen LogP contribution in [0.1, 0.15) is 9.88 Å². The summed E-state index contributed by atoms with van der Waals surface area (Å²) >= 11 is 1.64. The van der Waals surface area contributed by atoms with Gasteiger partial charge >= 0.3 is 0 Å². The highest BCUT2D eigenvalue weighted by Gasteiger charge is 2.07. The molecule has 3 rings (SSSR count). The highest BCUT2D eigenvalue weighted by atomic mass is 32.1. The number of aryl methyl sites for hydroxylation is 1. The fraction of sp³-hybridized carbons (Fsp3) is 0.143. The van der Waals surface area contributed by atoms with Crippen LogP contribution in [0.4, 0.5) is 11.5 Å². The summed E-state index contributed by atoms with van der Waals surface area (Å²) < 4.78 is 0. The fourth-order valence-electron chi connectivity index (χ4n) is 1.99. The molecule has 0 fully saturated rings. The summed E-state index contributed by atoms with van der Waals surface area (Å²) in [4.78, 5) is 20.1. The third-order valence-electron chi connectivity index (χ3n) is 3.00. The molecule has 2 heterocycles. The molecule has 0 atom stereocenters. The Morgan fingerprint density at radius 3 is 2.90 bits per heavy atom. The van der Waals surface area contributed by atoms with Crippen molar-refractivity contribution in [3.63, 3.8) is 0 Å². The van der Waals surface area contributed by atoms with Gasteiger partial charge in [0.1, 0.15) is 5.82 Å². The molecule has 0 aliphatic heterocycles. The molecule has 0 aliphatic carbocycles. The van der Waals surface area contributed by atoms with E-state index in [0.29, 0.717) is 6.54 Å². The standard InChI is InChI=1S/C14H12N4O2S/c1-9-15-7-12(21-9)8-16-14-5-2-10-6-11(18(19)20)3-4-13(10)17-14/h2-7H,8H2,1H3,(H,16,17). The van der Waals surface area contributed by atoms with E-state index in [1.54, 1.807) is 17.4 Å². The Morgan fingerprint density at radius 2 is 2.19 bits per heavy atom. The van der Waals surface area contributed by atoms with Gasteiger partial charge in [-0.25, -0.2) is 9.97 Å². The van der Waals surface area contributed by atoms with Crippen molar-refractivity contribution in [2.75, 3.05) is 5.32 Å². The van der Waals surface area contributed by atoms with Crippen LogP contribution in [0.3, 0.4) is 0 Å². The van der Waals surface area contributed by atoms with Crippen molar-refractivity contribution in [1.82, 2.24) is 9.97 Å². The lowest BCUT2D eigenvalue weighted by Crippen LogP contribution is -1.99. The summed E-state index contributed by atoms with van der Waals surface area (Å²) in [5.74, 6) is 0.738. The third-order valence-corrected chi connectivity index (χ3v) is 3.91. The normalized spacial score (nSPS) is 10.7. The van der Waals surface area contributed by atoms with Gasteiger partial charge in [0.25, 0.3) is 5.69 Å². The summed E-state index contributed by atoms with van der Waals surface area (Å²) in [5.41, 5.74) is 0.802. The van der Waals surface area contributed by atoms with E-state index >= 15 is 0 Å². The van der Waals surface area contributed by atoms with Crippen molar-refractivity contribution < 1.29 is 4.92 Å². The molecule has 1 N–H and O–H groups in total. The van der Waals surface area contributed by atoms with Gasteiger partial charge < -0.3 is 5.32 Å². The van der Waals surface area contributed by atoms with Gasteiger partial charge in [-0.2, -0.15) is 0 Å². The Kier molecular flexibility index (Phi) is 3.49. The second kappa shape index (κ2) is 5.45. The maximum absolute atomic E-state index is 10.7. The molecule has 0 amide bonds. The monoisotopic (exact) mass is 300 g/mol. The predicted octanol–water partition coefficient (Wildman–Crippen LogP) is 3.52. The molecule has 0 spiro atoms. The SMILES string of the molecule is Cc1ncc(CNc2ccc3cc([N+](=O)[O-])ccc3n2)s1. The smallest absolute Gasteiger partial charge is 0.270 e. The van der Waals surface area contributed by atoms with Crippen molar-refractivity contribution in [2.24, 2.45) is 0 Å². The van der Waals surface area contributed by atoms with E-state index in [9.17, 15) is 10.1 Å². The number of aromatic nitrogens is 2. The lowest BCUT2D eigenvalue weighted by atomic mass is 10.2. The molecule has 0 bridgehead atoms. The minimum atomic E-state index is -0.405. The van der Waals surface area contributed by atoms with E-state index in [-0.39, 0.29) is 5.69 Å². The first kappa shape index (κ1) is 13.4. The Bertz CT molecular complexity index is 816. The van der Waals surface area contributed by atoms with E-state index in [0.717, 1.165) is 26.6 Å². The van der Waals surface area contributed by atoms with Gasteiger partial charge in [0.2, 0.25) is 0 Å². The zero-order valence-electron chi connectivity index (χ0n) is 11.2. The largest absolute Gasteiger partial charge is 0.365 e. The van der Waals surface area contributed by atoms with Crippen LogP contribution >= 0.6 is 11.3 Å². The van der Waals surface area contributed by atoms with Gasteiger partial charge in [0.15, 0.2) is 0 Å². The number of nitrogens with one attached hydrogen (secondary N) is 1. The van der Waals surface area contributed by atoms with E-state index in [2.05, 4.69) is 15.3 Å². The number of non-ortho nitro benzene ring substituents is 1. The van der Waals surface area contributed by atoms with Crippen LogP contribution in [-0.4, -0.2) is 14.9 Å². The number of thiazole rings is 1. The van der Waals surface area contributed by atoms with Gasteiger partial charge in [-0.1, -0.05) is 0 Å². The first-order valence-electron chi connectivity index (χ1n) is 6.32. The van der Waals surface area contributed by atoms with Gasteiger partial charge in [0, 0.05) is 28.6 Å². The summed E-state index contributed by atoms with van der Waals surface area (Å²) in [7, 11) is 0. The molecule has 0 saturated carbocycles. The average Bonchev–Trinajstić information content (AvgIpc) is 2.90. The van der Waals surface area contributed by atoms with Crippen LogP contribution in [-0.2, 0) is 6.54 Å². The van der Waals surface area contributed by atoms with Crippen LogP contribution in [0.5, 0.6) is 0 Å². The Hall–Kier alpha value is -2.54. The van der Waals surface area contributed by atoms with Crippen LogP contribution in [0.25, 0.3) is 10.9 Å². The fourth-order valence-corrected chi connectivity index (χ4v) is 2.72. The number of nitrogens with zero attached hydrogens (tertiary/aromatic N) is 3. The Balaban J connectivity index is 1.80. The van der Waals surface area contributed by atoms with Crippen molar-refractivity contribution in [3.05, 3.63) is 56.5 Å². The topological polar surface area (TPSA) is 81.0 Å². The third kappa shape index (κ3) is 2.97. The molecular formula is C14H12N4O2S. The number of hydrogen-bond acceptors (Lipinski definition) is 6. The van der Waals surface area contributed by atoms with Crippen LogP contribution < -0.4 is 5.32 Å². The molecule has 3 aromatic rings. The molecule has 1 aromatic carbocycles. The van der Waals surface area contributed by atoms with E-state index in [4.69, 9.17) is 0 Å². The second-order valence-corrected chi connectivity index (χ2v) is 5.85. The molecule has 0 saturated heterocycles. The molecule has 7 heteroatoms.